The quantitative estimate of drug-likeness (QED) is 0.0881. The van der Waals surface area contributed by atoms with E-state index in [0.29, 0.717) is 13.2 Å². The van der Waals surface area contributed by atoms with Gasteiger partial charge in [-0.3, -0.25) is 4.79 Å². The summed E-state index contributed by atoms with van der Waals surface area (Å²) in [4.78, 5) is 20.5. The van der Waals surface area contributed by atoms with Crippen LogP contribution in [0.2, 0.25) is 0 Å². The maximum absolute atomic E-state index is 10.5. The number of benzene rings is 6. The lowest BCUT2D eigenvalue weighted by Gasteiger charge is -2.05. The van der Waals surface area contributed by atoms with Gasteiger partial charge in [-0.15, -0.1) is 0 Å². The molecule has 5 nitrogen and oxygen atoms in total. The van der Waals surface area contributed by atoms with Crippen LogP contribution >= 0.6 is 0 Å². The van der Waals surface area contributed by atoms with Gasteiger partial charge in [0.1, 0.15) is 12.9 Å². The van der Waals surface area contributed by atoms with Crippen LogP contribution in [-0.4, -0.2) is 25.7 Å². The number of nitrogens with zero attached hydrogens (tertiary/aromatic N) is 1. The lowest BCUT2D eigenvalue weighted by Crippen LogP contribution is -2.13. The molecule has 1 N–H and O–H groups in total. The van der Waals surface area contributed by atoms with Crippen molar-refractivity contribution in [3.63, 3.8) is 0 Å². The van der Waals surface area contributed by atoms with Gasteiger partial charge in [0.2, 0.25) is 0 Å². The Bertz CT molecular complexity index is 1750. The Hall–Kier alpha value is -4.84. The molecule has 0 spiro atoms. The van der Waals surface area contributed by atoms with Gasteiger partial charge in [0.25, 0.3) is 0 Å². The van der Waals surface area contributed by atoms with E-state index in [2.05, 4.69) is 77.4 Å². The van der Waals surface area contributed by atoms with Crippen LogP contribution in [0.5, 0.6) is 0 Å². The largest absolute Gasteiger partial charge is 0.396 e. The molecule has 42 heavy (non-hydrogen) atoms. The predicted molar refractivity (Wildman–Crippen MR) is 175 cm³/mol. The van der Waals surface area contributed by atoms with Crippen LogP contribution in [0.15, 0.2) is 133 Å². The number of oxime groups is 1. The zero-order valence-electron chi connectivity index (χ0n) is 24.1. The fourth-order valence-electron chi connectivity index (χ4n) is 4.33. The number of nitrogens with one attached hydrogen (secondary N) is 1. The summed E-state index contributed by atoms with van der Waals surface area (Å²) >= 11 is 0. The Kier molecular flexibility index (Phi) is 11.8. The van der Waals surface area contributed by atoms with Gasteiger partial charge >= 0.3 is 0 Å². The normalized spacial score (nSPS) is 10.6. The van der Waals surface area contributed by atoms with Gasteiger partial charge in [-0.1, -0.05) is 114 Å². The SMILES string of the molecule is CCON=Cc1ccc2ccccc2c1.CCONCc1ccc2ccccc2c1.O=Cc1ccc2ccccc2c1. The molecule has 0 bridgehead atoms. The fraction of sp³-hybridized carbons (Fsp3) is 0.135. The first kappa shape index (κ1) is 30.1. The Morgan fingerprint density at radius 1 is 0.595 bits per heavy atom. The molecule has 0 saturated heterocycles. The molecule has 0 saturated carbocycles. The van der Waals surface area contributed by atoms with Gasteiger partial charge < -0.3 is 9.68 Å². The van der Waals surface area contributed by atoms with E-state index in [1.54, 1.807) is 6.21 Å². The fourth-order valence-corrected chi connectivity index (χ4v) is 4.33. The number of aldehydes is 1. The molecule has 0 aliphatic rings. The van der Waals surface area contributed by atoms with Gasteiger partial charge in [0.15, 0.2) is 0 Å². The van der Waals surface area contributed by atoms with Crippen molar-refractivity contribution in [3.8, 4) is 0 Å². The van der Waals surface area contributed by atoms with Crippen LogP contribution in [0.1, 0.15) is 35.3 Å². The zero-order chi connectivity index (χ0) is 29.4. The van der Waals surface area contributed by atoms with E-state index in [1.807, 2.05) is 74.5 Å². The van der Waals surface area contributed by atoms with Gasteiger partial charge in [0, 0.05) is 12.1 Å². The molecule has 0 aliphatic heterocycles. The first-order valence-corrected chi connectivity index (χ1v) is 14.1. The average Bonchev–Trinajstić information content (AvgIpc) is 3.05. The topological polar surface area (TPSA) is 59.9 Å². The van der Waals surface area contributed by atoms with Gasteiger partial charge in [-0.25, -0.2) is 0 Å². The van der Waals surface area contributed by atoms with Crippen LogP contribution in [-0.2, 0) is 16.2 Å². The van der Waals surface area contributed by atoms with E-state index in [0.717, 1.165) is 29.3 Å². The third kappa shape index (κ3) is 9.10. The highest BCUT2D eigenvalue weighted by atomic mass is 16.6. The number of fused-ring (bicyclic) bond motifs is 3. The summed E-state index contributed by atoms with van der Waals surface area (Å²) in [6.07, 6.45) is 2.60. The maximum atomic E-state index is 10.5. The molecular formula is C37H36N2O3. The van der Waals surface area contributed by atoms with Gasteiger partial charge in [0.05, 0.1) is 12.8 Å². The van der Waals surface area contributed by atoms with Crippen molar-refractivity contribution in [1.29, 1.82) is 0 Å². The molecule has 0 aromatic heterocycles. The number of rotatable bonds is 8. The number of hydrogen-bond acceptors (Lipinski definition) is 5. The van der Waals surface area contributed by atoms with Gasteiger partial charge in [-0.05, 0) is 75.5 Å². The molecule has 6 aromatic rings. The Labute approximate surface area is 247 Å². The number of carbonyl (C=O) groups is 1. The summed E-state index contributed by atoms with van der Waals surface area (Å²) in [7, 11) is 0. The average molecular weight is 557 g/mol. The lowest BCUT2D eigenvalue weighted by atomic mass is 10.1. The molecule has 0 atom stereocenters. The predicted octanol–water partition coefficient (Wildman–Crippen LogP) is 8.74. The molecule has 6 aromatic carbocycles. The minimum absolute atomic E-state index is 0.601. The molecule has 5 heteroatoms. The summed E-state index contributed by atoms with van der Waals surface area (Å²) in [5.74, 6) is 0. The van der Waals surface area contributed by atoms with E-state index >= 15 is 0 Å². The second kappa shape index (κ2) is 16.4. The lowest BCUT2D eigenvalue weighted by molar-refractivity contribution is 0.0463. The molecule has 0 heterocycles. The van der Waals surface area contributed by atoms with Crippen molar-refractivity contribution in [1.82, 2.24) is 5.48 Å². The van der Waals surface area contributed by atoms with Crippen LogP contribution in [0, 0.1) is 0 Å². The van der Waals surface area contributed by atoms with Crippen molar-refractivity contribution >= 4 is 44.8 Å². The highest BCUT2D eigenvalue weighted by molar-refractivity contribution is 5.90. The van der Waals surface area contributed by atoms with Crippen molar-refractivity contribution in [3.05, 3.63) is 144 Å². The molecule has 0 aliphatic carbocycles. The number of hydroxylamine groups is 1. The number of hydrogen-bond donors (Lipinski definition) is 1. The molecule has 0 radical (unpaired) electrons. The van der Waals surface area contributed by atoms with E-state index in [4.69, 9.17) is 9.68 Å². The molecule has 6 rings (SSSR count). The summed E-state index contributed by atoms with van der Waals surface area (Å²) in [5, 5.41) is 11.1. The van der Waals surface area contributed by atoms with E-state index in [1.165, 1.54) is 32.5 Å². The smallest absolute Gasteiger partial charge is 0.150 e. The molecule has 0 amide bonds. The Morgan fingerprint density at radius 3 is 1.64 bits per heavy atom. The van der Waals surface area contributed by atoms with E-state index in [9.17, 15) is 4.79 Å². The molecule has 212 valence electrons. The van der Waals surface area contributed by atoms with Crippen LogP contribution in [0.4, 0.5) is 0 Å². The van der Waals surface area contributed by atoms with Crippen molar-refractivity contribution in [2.75, 3.05) is 13.2 Å². The minimum Gasteiger partial charge on any atom is -0.396 e. The second-order valence-electron chi connectivity index (χ2n) is 9.42. The Balaban J connectivity index is 0.000000146. The van der Waals surface area contributed by atoms with E-state index in [-0.39, 0.29) is 0 Å². The first-order chi connectivity index (χ1) is 20.7. The van der Waals surface area contributed by atoms with Crippen molar-refractivity contribution < 1.29 is 14.5 Å². The minimum atomic E-state index is 0.601. The summed E-state index contributed by atoms with van der Waals surface area (Å²) in [6.45, 7) is 5.92. The third-order valence-corrected chi connectivity index (χ3v) is 6.43. The molecule has 0 fully saturated rings. The zero-order valence-corrected chi connectivity index (χ0v) is 24.1. The highest BCUT2D eigenvalue weighted by Crippen LogP contribution is 2.16. The second-order valence-corrected chi connectivity index (χ2v) is 9.42. The first-order valence-electron chi connectivity index (χ1n) is 14.1. The maximum Gasteiger partial charge on any atom is 0.150 e. The molecule has 0 unspecified atom stereocenters. The van der Waals surface area contributed by atoms with Gasteiger partial charge in [-0.2, -0.15) is 5.48 Å². The molecular weight excluding hydrogens is 520 g/mol. The van der Waals surface area contributed by atoms with Crippen LogP contribution in [0.25, 0.3) is 32.3 Å². The Morgan fingerprint density at radius 2 is 1.10 bits per heavy atom. The van der Waals surface area contributed by atoms with Crippen molar-refractivity contribution in [2.24, 2.45) is 5.16 Å². The standard InChI is InChI=1S/C13H15NO.C13H13NO.C11H8O/c2*1-2-15-14-10-11-7-8-12-5-3-4-6-13(12)9-11;12-8-9-5-6-10-3-1-2-4-11(10)7-9/h3-9,14H,2,10H2,1H3;3-10H,2H2,1H3;1-8H. The third-order valence-electron chi connectivity index (χ3n) is 6.43. The summed E-state index contributed by atoms with van der Waals surface area (Å²) in [6, 6.07) is 42.9. The summed E-state index contributed by atoms with van der Waals surface area (Å²) < 4.78 is 0. The van der Waals surface area contributed by atoms with E-state index < -0.39 is 0 Å². The monoisotopic (exact) mass is 556 g/mol. The number of carbonyl (C=O) groups excluding carboxylic acids is 1. The van der Waals surface area contributed by atoms with Crippen LogP contribution in [0.3, 0.4) is 0 Å². The summed E-state index contributed by atoms with van der Waals surface area (Å²) in [5.41, 5.74) is 5.94. The van der Waals surface area contributed by atoms with Crippen LogP contribution < -0.4 is 5.48 Å². The highest BCUT2D eigenvalue weighted by Gasteiger charge is 1.96. The van der Waals surface area contributed by atoms with Crippen molar-refractivity contribution in [2.45, 2.75) is 20.4 Å².